The Morgan fingerprint density at radius 1 is 1.17 bits per heavy atom. The second kappa shape index (κ2) is 10.9. The number of nitrogens with one attached hydrogen (secondary N) is 3. The van der Waals surface area contributed by atoms with Crippen molar-refractivity contribution in [2.45, 2.75) is 36.6 Å². The van der Waals surface area contributed by atoms with E-state index in [-0.39, 0.29) is 0 Å². The van der Waals surface area contributed by atoms with E-state index in [2.05, 4.69) is 56.4 Å². The standard InChI is InChI=1S/C21H31N5O2S2/c1-17-6-3-4-7-18(17)16-26-13-9-19(10-14-26)25-21(22-2)23-11-12-24-30(27,28)20-8-5-15-29-20/h3-8,15,19,24H,9-14,16H2,1-2H3,(H2,22,23,25). The Labute approximate surface area is 183 Å². The molecule has 0 radical (unpaired) electrons. The number of rotatable bonds is 8. The molecule has 1 aromatic carbocycles. The molecule has 1 aliphatic heterocycles. The first-order chi connectivity index (χ1) is 14.5. The van der Waals surface area contributed by atoms with E-state index >= 15 is 0 Å². The van der Waals surface area contributed by atoms with Crippen LogP contribution in [0.2, 0.25) is 0 Å². The molecule has 0 bridgehead atoms. The highest BCUT2D eigenvalue weighted by Gasteiger charge is 2.20. The van der Waals surface area contributed by atoms with Gasteiger partial charge >= 0.3 is 0 Å². The second-order valence-electron chi connectivity index (χ2n) is 7.45. The van der Waals surface area contributed by atoms with Crippen molar-refractivity contribution in [3.05, 3.63) is 52.9 Å². The van der Waals surface area contributed by atoms with Crippen LogP contribution in [0.25, 0.3) is 0 Å². The first-order valence-electron chi connectivity index (χ1n) is 10.2. The van der Waals surface area contributed by atoms with E-state index in [9.17, 15) is 8.42 Å². The largest absolute Gasteiger partial charge is 0.355 e. The van der Waals surface area contributed by atoms with Crippen LogP contribution < -0.4 is 15.4 Å². The highest BCUT2D eigenvalue weighted by molar-refractivity contribution is 7.91. The van der Waals surface area contributed by atoms with Crippen LogP contribution in [0.4, 0.5) is 0 Å². The van der Waals surface area contributed by atoms with Crippen molar-refractivity contribution in [1.29, 1.82) is 0 Å². The van der Waals surface area contributed by atoms with Gasteiger partial charge in [0.05, 0.1) is 0 Å². The number of nitrogens with zero attached hydrogens (tertiary/aromatic N) is 2. The summed E-state index contributed by atoms with van der Waals surface area (Å²) < 4.78 is 27.2. The quantitative estimate of drug-likeness (QED) is 0.327. The zero-order valence-corrected chi connectivity index (χ0v) is 19.2. The monoisotopic (exact) mass is 449 g/mol. The molecular formula is C21H31N5O2S2. The molecule has 2 aromatic rings. The normalized spacial score (nSPS) is 16.5. The minimum Gasteiger partial charge on any atom is -0.355 e. The number of aliphatic imine (C=N–C) groups is 1. The van der Waals surface area contributed by atoms with Gasteiger partial charge in [0, 0.05) is 45.8 Å². The molecule has 164 valence electrons. The van der Waals surface area contributed by atoms with E-state index in [4.69, 9.17) is 0 Å². The zero-order chi connectivity index (χ0) is 21.4. The van der Waals surface area contributed by atoms with Gasteiger partial charge < -0.3 is 10.6 Å². The lowest BCUT2D eigenvalue weighted by Crippen LogP contribution is -2.49. The molecule has 0 atom stereocenters. The molecule has 1 fully saturated rings. The molecule has 1 saturated heterocycles. The molecule has 0 aliphatic carbocycles. The van der Waals surface area contributed by atoms with Gasteiger partial charge in [0.15, 0.2) is 5.96 Å². The van der Waals surface area contributed by atoms with E-state index < -0.39 is 10.0 Å². The number of sulfonamides is 1. The smallest absolute Gasteiger partial charge is 0.250 e. The van der Waals surface area contributed by atoms with Gasteiger partial charge in [0.2, 0.25) is 10.0 Å². The van der Waals surface area contributed by atoms with Gasteiger partial charge in [0.25, 0.3) is 0 Å². The summed E-state index contributed by atoms with van der Waals surface area (Å²) >= 11 is 1.21. The summed E-state index contributed by atoms with van der Waals surface area (Å²) in [6.45, 7) is 6.02. The fourth-order valence-electron chi connectivity index (χ4n) is 3.51. The van der Waals surface area contributed by atoms with Crippen LogP contribution in [0.3, 0.4) is 0 Å². The van der Waals surface area contributed by atoms with Crippen LogP contribution in [0.5, 0.6) is 0 Å². The number of aryl methyl sites for hydroxylation is 1. The molecule has 2 heterocycles. The average Bonchev–Trinajstić information content (AvgIpc) is 3.29. The van der Waals surface area contributed by atoms with Gasteiger partial charge in [-0.25, -0.2) is 13.1 Å². The van der Waals surface area contributed by atoms with Crippen LogP contribution in [-0.2, 0) is 16.6 Å². The Morgan fingerprint density at radius 3 is 2.60 bits per heavy atom. The SMILES string of the molecule is CN=C(NCCNS(=O)(=O)c1cccs1)NC1CCN(Cc2ccccc2C)CC1. The fourth-order valence-corrected chi connectivity index (χ4v) is 5.57. The van der Waals surface area contributed by atoms with Crippen molar-refractivity contribution in [1.82, 2.24) is 20.3 Å². The Balaban J connectivity index is 1.37. The number of benzene rings is 1. The summed E-state index contributed by atoms with van der Waals surface area (Å²) in [5.74, 6) is 0.711. The molecule has 1 aliphatic rings. The second-order valence-corrected chi connectivity index (χ2v) is 10.4. The molecule has 3 rings (SSSR count). The van der Waals surface area contributed by atoms with Crippen LogP contribution in [0.15, 0.2) is 51.0 Å². The molecule has 0 spiro atoms. The summed E-state index contributed by atoms with van der Waals surface area (Å²) in [4.78, 5) is 6.77. The molecule has 30 heavy (non-hydrogen) atoms. The van der Waals surface area contributed by atoms with Crippen molar-refractivity contribution >= 4 is 27.3 Å². The zero-order valence-electron chi connectivity index (χ0n) is 17.6. The first-order valence-corrected chi connectivity index (χ1v) is 12.6. The van der Waals surface area contributed by atoms with Crippen LogP contribution >= 0.6 is 11.3 Å². The van der Waals surface area contributed by atoms with Gasteiger partial charge in [-0.05, 0) is 42.3 Å². The Bertz CT molecular complexity index is 921. The lowest BCUT2D eigenvalue weighted by molar-refractivity contribution is 0.198. The van der Waals surface area contributed by atoms with Gasteiger partial charge in [-0.2, -0.15) is 0 Å². The molecule has 0 unspecified atom stereocenters. The highest BCUT2D eigenvalue weighted by atomic mass is 32.2. The van der Waals surface area contributed by atoms with Crippen LogP contribution in [-0.4, -0.2) is 58.5 Å². The van der Waals surface area contributed by atoms with Crippen molar-refractivity contribution in [3.8, 4) is 0 Å². The third kappa shape index (κ3) is 6.53. The molecule has 0 saturated carbocycles. The van der Waals surface area contributed by atoms with Gasteiger partial charge in [0.1, 0.15) is 4.21 Å². The number of likely N-dealkylation sites (tertiary alicyclic amines) is 1. The molecule has 1 aromatic heterocycles. The topological polar surface area (TPSA) is 85.8 Å². The third-order valence-corrected chi connectivity index (χ3v) is 8.14. The van der Waals surface area contributed by atoms with Crippen molar-refractivity contribution < 1.29 is 8.42 Å². The molecular weight excluding hydrogens is 418 g/mol. The number of hydrogen-bond acceptors (Lipinski definition) is 5. The summed E-state index contributed by atoms with van der Waals surface area (Å²) in [5.41, 5.74) is 2.74. The molecule has 9 heteroatoms. The number of guanidine groups is 1. The van der Waals surface area contributed by atoms with E-state index in [1.807, 2.05) is 0 Å². The van der Waals surface area contributed by atoms with E-state index in [0.29, 0.717) is 29.3 Å². The van der Waals surface area contributed by atoms with Crippen molar-refractivity contribution in [2.24, 2.45) is 4.99 Å². The van der Waals surface area contributed by atoms with E-state index in [1.54, 1.807) is 24.6 Å². The summed E-state index contributed by atoms with van der Waals surface area (Å²) in [7, 11) is -1.69. The minimum atomic E-state index is -3.42. The fraction of sp³-hybridized carbons (Fsp3) is 0.476. The minimum absolute atomic E-state index is 0.301. The van der Waals surface area contributed by atoms with Crippen molar-refractivity contribution in [3.63, 3.8) is 0 Å². The van der Waals surface area contributed by atoms with Crippen LogP contribution in [0, 0.1) is 6.92 Å². The van der Waals surface area contributed by atoms with Crippen molar-refractivity contribution in [2.75, 3.05) is 33.2 Å². The highest BCUT2D eigenvalue weighted by Crippen LogP contribution is 2.16. The molecule has 3 N–H and O–H groups in total. The van der Waals surface area contributed by atoms with Gasteiger partial charge in [-0.1, -0.05) is 30.3 Å². The maximum absolute atomic E-state index is 12.1. The Kier molecular flexibility index (Phi) is 8.26. The lowest BCUT2D eigenvalue weighted by atomic mass is 10.0. The van der Waals surface area contributed by atoms with E-state index in [0.717, 1.165) is 32.5 Å². The number of hydrogen-bond donors (Lipinski definition) is 3. The number of thiophene rings is 1. The van der Waals surface area contributed by atoms with Crippen LogP contribution in [0.1, 0.15) is 24.0 Å². The Hall–Kier alpha value is -1.94. The predicted molar refractivity (Wildman–Crippen MR) is 123 cm³/mol. The number of piperidine rings is 1. The maximum atomic E-state index is 12.1. The predicted octanol–water partition coefficient (Wildman–Crippen LogP) is 2.16. The summed E-state index contributed by atoms with van der Waals surface area (Å²) in [6.07, 6.45) is 2.11. The first kappa shape index (κ1) is 22.7. The van der Waals surface area contributed by atoms with Gasteiger partial charge in [-0.3, -0.25) is 9.89 Å². The lowest BCUT2D eigenvalue weighted by Gasteiger charge is -2.33. The molecule has 7 nitrogen and oxygen atoms in total. The third-order valence-electron chi connectivity index (χ3n) is 5.28. The average molecular weight is 450 g/mol. The molecule has 0 amide bonds. The van der Waals surface area contributed by atoms with E-state index in [1.165, 1.54) is 22.5 Å². The Morgan fingerprint density at radius 2 is 1.93 bits per heavy atom. The van der Waals surface area contributed by atoms with Gasteiger partial charge in [-0.15, -0.1) is 11.3 Å². The maximum Gasteiger partial charge on any atom is 0.250 e. The summed E-state index contributed by atoms with van der Waals surface area (Å²) in [5, 5.41) is 8.41. The summed E-state index contributed by atoms with van der Waals surface area (Å²) in [6, 6.07) is 12.3.